The van der Waals surface area contributed by atoms with Gasteiger partial charge in [-0.3, -0.25) is 0 Å². The summed E-state index contributed by atoms with van der Waals surface area (Å²) in [6.07, 6.45) is 8.01. The summed E-state index contributed by atoms with van der Waals surface area (Å²) in [7, 11) is 0. The van der Waals surface area contributed by atoms with Crippen LogP contribution in [0.1, 0.15) is 37.7 Å². The zero-order chi connectivity index (χ0) is 13.8. The molecular formula is C15H21N5. The van der Waals surface area contributed by atoms with Crippen molar-refractivity contribution in [2.45, 2.75) is 38.1 Å². The maximum absolute atomic E-state index is 9.15. The van der Waals surface area contributed by atoms with Gasteiger partial charge in [-0.05, 0) is 44.8 Å². The van der Waals surface area contributed by atoms with E-state index in [9.17, 15) is 0 Å². The first-order chi connectivity index (χ1) is 9.88. The third kappa shape index (κ3) is 2.75. The van der Waals surface area contributed by atoms with Crippen LogP contribution in [0.3, 0.4) is 0 Å². The lowest BCUT2D eigenvalue weighted by atomic mass is 9.99. The molecule has 3 heterocycles. The first kappa shape index (κ1) is 13.3. The average Bonchev–Trinajstić information content (AvgIpc) is 2.56. The summed E-state index contributed by atoms with van der Waals surface area (Å²) in [4.78, 5) is 4.87. The lowest BCUT2D eigenvalue weighted by molar-refractivity contribution is 0.141. The fraction of sp³-hybridized carbons (Fsp3) is 0.667. The quantitative estimate of drug-likeness (QED) is 0.821. The third-order valence-electron chi connectivity index (χ3n) is 4.49. The van der Waals surface area contributed by atoms with Crippen molar-refractivity contribution >= 4 is 5.82 Å². The highest BCUT2D eigenvalue weighted by molar-refractivity contribution is 5.52. The van der Waals surface area contributed by atoms with Gasteiger partial charge in [0.1, 0.15) is 6.07 Å². The molecular weight excluding hydrogens is 250 g/mol. The molecule has 0 amide bonds. The fourth-order valence-electron chi connectivity index (χ4n) is 3.37. The van der Waals surface area contributed by atoms with Crippen molar-refractivity contribution in [1.82, 2.24) is 15.1 Å². The molecule has 20 heavy (non-hydrogen) atoms. The van der Waals surface area contributed by atoms with Crippen molar-refractivity contribution in [2.75, 3.05) is 31.1 Å². The zero-order valence-electron chi connectivity index (χ0n) is 11.8. The summed E-state index contributed by atoms with van der Waals surface area (Å²) in [5, 5.41) is 17.2. The highest BCUT2D eigenvalue weighted by atomic mass is 15.3. The maximum Gasteiger partial charge on any atom is 0.169 e. The van der Waals surface area contributed by atoms with E-state index in [0.717, 1.165) is 18.9 Å². The Kier molecular flexibility index (Phi) is 4.12. The van der Waals surface area contributed by atoms with Crippen molar-refractivity contribution in [3.8, 4) is 6.07 Å². The van der Waals surface area contributed by atoms with Crippen LogP contribution in [-0.4, -0.2) is 47.3 Å². The minimum atomic E-state index is 0.636. The van der Waals surface area contributed by atoms with E-state index in [1.165, 1.54) is 45.2 Å². The Hall–Kier alpha value is -1.67. The second-order valence-electron chi connectivity index (χ2n) is 5.70. The highest BCUT2D eigenvalue weighted by Gasteiger charge is 2.27. The third-order valence-corrected chi connectivity index (χ3v) is 4.49. The summed E-state index contributed by atoms with van der Waals surface area (Å²) >= 11 is 0. The molecule has 0 spiro atoms. The van der Waals surface area contributed by atoms with E-state index in [0.29, 0.717) is 11.6 Å². The number of hydrogen-bond donors (Lipinski definition) is 0. The van der Waals surface area contributed by atoms with Crippen molar-refractivity contribution in [2.24, 2.45) is 0 Å². The van der Waals surface area contributed by atoms with Crippen LogP contribution in [0.25, 0.3) is 0 Å². The Morgan fingerprint density at radius 1 is 1.10 bits per heavy atom. The van der Waals surface area contributed by atoms with Gasteiger partial charge in [0.2, 0.25) is 0 Å². The van der Waals surface area contributed by atoms with Crippen molar-refractivity contribution < 1.29 is 0 Å². The topological polar surface area (TPSA) is 56.1 Å². The molecule has 0 aromatic carbocycles. The van der Waals surface area contributed by atoms with E-state index < -0.39 is 0 Å². The van der Waals surface area contributed by atoms with Crippen molar-refractivity contribution in [3.63, 3.8) is 0 Å². The predicted molar refractivity (Wildman–Crippen MR) is 77.4 cm³/mol. The lowest BCUT2D eigenvalue weighted by Crippen LogP contribution is -2.47. The van der Waals surface area contributed by atoms with Gasteiger partial charge in [-0.1, -0.05) is 6.42 Å². The molecule has 2 aliphatic rings. The van der Waals surface area contributed by atoms with Gasteiger partial charge >= 0.3 is 0 Å². The van der Waals surface area contributed by atoms with Gasteiger partial charge < -0.3 is 9.80 Å². The van der Waals surface area contributed by atoms with Gasteiger partial charge in [-0.25, -0.2) is 0 Å². The highest BCUT2D eigenvalue weighted by Crippen LogP contribution is 2.24. The second-order valence-corrected chi connectivity index (χ2v) is 5.70. The van der Waals surface area contributed by atoms with Crippen LogP contribution in [0.4, 0.5) is 5.82 Å². The van der Waals surface area contributed by atoms with E-state index in [1.54, 1.807) is 12.3 Å². The molecule has 3 rings (SSSR count). The summed E-state index contributed by atoms with van der Waals surface area (Å²) in [5.74, 6) is 0.757. The van der Waals surface area contributed by atoms with Crippen LogP contribution in [0.5, 0.6) is 0 Å². The lowest BCUT2D eigenvalue weighted by Gasteiger charge is -2.40. The minimum Gasteiger partial charge on any atom is -0.354 e. The molecule has 2 aliphatic heterocycles. The number of nitrogens with zero attached hydrogens (tertiary/aromatic N) is 5. The van der Waals surface area contributed by atoms with Crippen LogP contribution in [0, 0.1) is 11.3 Å². The standard InChI is InChI=1S/C15H21N5/c16-12-13-4-7-17-18-15(13)20-10-5-14(6-11-20)19-8-2-1-3-9-19/h4,7,14H,1-3,5-6,8-11H2. The molecule has 0 saturated carbocycles. The first-order valence-corrected chi connectivity index (χ1v) is 7.59. The Bertz CT molecular complexity index is 481. The predicted octanol–water partition coefficient (Wildman–Crippen LogP) is 1.80. The molecule has 0 aliphatic carbocycles. The summed E-state index contributed by atoms with van der Waals surface area (Å²) in [5.41, 5.74) is 0.636. The number of nitriles is 1. The maximum atomic E-state index is 9.15. The summed E-state index contributed by atoms with van der Waals surface area (Å²) in [6.45, 7) is 4.49. The molecule has 0 bridgehead atoms. The van der Waals surface area contributed by atoms with Crippen LogP contribution in [-0.2, 0) is 0 Å². The van der Waals surface area contributed by atoms with Crippen LogP contribution < -0.4 is 4.90 Å². The zero-order valence-corrected chi connectivity index (χ0v) is 11.8. The molecule has 0 N–H and O–H groups in total. The van der Waals surface area contributed by atoms with E-state index in [-0.39, 0.29) is 0 Å². The molecule has 1 aromatic rings. The van der Waals surface area contributed by atoms with Crippen molar-refractivity contribution in [3.05, 3.63) is 17.8 Å². The van der Waals surface area contributed by atoms with Gasteiger partial charge in [0.05, 0.1) is 11.8 Å². The SMILES string of the molecule is N#Cc1ccnnc1N1CCC(N2CCCCC2)CC1. The summed E-state index contributed by atoms with van der Waals surface area (Å²) in [6, 6.07) is 4.68. The van der Waals surface area contributed by atoms with Gasteiger partial charge in [0, 0.05) is 19.1 Å². The Morgan fingerprint density at radius 3 is 2.55 bits per heavy atom. The normalized spacial score (nSPS) is 21.6. The van der Waals surface area contributed by atoms with Crippen molar-refractivity contribution in [1.29, 1.82) is 5.26 Å². The van der Waals surface area contributed by atoms with E-state index in [2.05, 4.69) is 26.1 Å². The van der Waals surface area contributed by atoms with E-state index >= 15 is 0 Å². The molecule has 106 valence electrons. The average molecular weight is 271 g/mol. The molecule has 2 fully saturated rings. The van der Waals surface area contributed by atoms with E-state index in [1.807, 2.05) is 0 Å². The molecule has 5 heteroatoms. The Morgan fingerprint density at radius 2 is 1.85 bits per heavy atom. The molecule has 0 radical (unpaired) electrons. The van der Waals surface area contributed by atoms with E-state index in [4.69, 9.17) is 5.26 Å². The van der Waals surface area contributed by atoms with Gasteiger partial charge in [0.15, 0.2) is 5.82 Å². The number of anilines is 1. The number of aromatic nitrogens is 2. The molecule has 1 aromatic heterocycles. The Labute approximate surface area is 120 Å². The fourth-order valence-corrected chi connectivity index (χ4v) is 3.37. The smallest absolute Gasteiger partial charge is 0.169 e. The van der Waals surface area contributed by atoms with Gasteiger partial charge in [-0.2, -0.15) is 10.4 Å². The molecule has 0 atom stereocenters. The van der Waals surface area contributed by atoms with Gasteiger partial charge in [-0.15, -0.1) is 5.10 Å². The summed E-state index contributed by atoms with van der Waals surface area (Å²) < 4.78 is 0. The molecule has 5 nitrogen and oxygen atoms in total. The number of rotatable bonds is 2. The van der Waals surface area contributed by atoms with Gasteiger partial charge in [0.25, 0.3) is 0 Å². The molecule has 2 saturated heterocycles. The van der Waals surface area contributed by atoms with Crippen LogP contribution >= 0.6 is 0 Å². The number of hydrogen-bond acceptors (Lipinski definition) is 5. The monoisotopic (exact) mass is 271 g/mol. The largest absolute Gasteiger partial charge is 0.354 e. The van der Waals surface area contributed by atoms with Crippen LogP contribution in [0.15, 0.2) is 12.3 Å². The minimum absolute atomic E-state index is 0.636. The molecule has 0 unspecified atom stereocenters. The Balaban J connectivity index is 1.62. The number of piperidine rings is 2. The first-order valence-electron chi connectivity index (χ1n) is 7.59. The number of likely N-dealkylation sites (tertiary alicyclic amines) is 1. The second kappa shape index (κ2) is 6.19. The van der Waals surface area contributed by atoms with Crippen LogP contribution in [0.2, 0.25) is 0 Å².